The van der Waals surface area contributed by atoms with Crippen LogP contribution in [0.25, 0.3) is 11.1 Å². The third-order valence-electron chi connectivity index (χ3n) is 4.60. The van der Waals surface area contributed by atoms with Crippen molar-refractivity contribution in [2.45, 2.75) is 22.2 Å². The SMILES string of the molecule is NO.O=C(O)C1(O)CNCCC1S(=O)(=O)c1ccc(-c2cccc(Cl)c2)cc1. The molecule has 0 amide bonds. The number of halogens is 1. The number of hydrogen-bond donors (Lipinski definition) is 5. The first-order chi connectivity index (χ1) is 13.2. The molecule has 1 saturated heterocycles. The molecule has 1 aliphatic rings. The first-order valence-corrected chi connectivity index (χ1v) is 10.2. The van der Waals surface area contributed by atoms with Crippen molar-refractivity contribution in [3.63, 3.8) is 0 Å². The molecule has 6 N–H and O–H groups in total. The second-order valence-electron chi connectivity index (χ2n) is 6.26. The van der Waals surface area contributed by atoms with Crippen LogP contribution in [0, 0.1) is 0 Å². The smallest absolute Gasteiger partial charge is 0.338 e. The normalized spacial score (nSPS) is 22.1. The summed E-state index contributed by atoms with van der Waals surface area (Å²) in [6.07, 6.45) is 0.0151. The van der Waals surface area contributed by atoms with Gasteiger partial charge in [0.05, 0.1) is 4.90 Å². The Morgan fingerprint density at radius 1 is 1.14 bits per heavy atom. The van der Waals surface area contributed by atoms with Gasteiger partial charge in [0, 0.05) is 11.6 Å². The fourth-order valence-corrected chi connectivity index (χ4v) is 5.32. The highest BCUT2D eigenvalue weighted by Crippen LogP contribution is 2.31. The minimum atomic E-state index is -4.02. The van der Waals surface area contributed by atoms with Crippen molar-refractivity contribution in [2.24, 2.45) is 5.90 Å². The predicted octanol–water partition coefficient (Wildman–Crippen LogP) is 1.29. The van der Waals surface area contributed by atoms with Gasteiger partial charge < -0.3 is 20.7 Å². The van der Waals surface area contributed by atoms with Gasteiger partial charge in [-0.1, -0.05) is 35.9 Å². The molecule has 8 nitrogen and oxygen atoms in total. The fourth-order valence-electron chi connectivity index (χ4n) is 3.16. The molecule has 0 bridgehead atoms. The van der Waals surface area contributed by atoms with Crippen LogP contribution in [0.3, 0.4) is 0 Å². The molecule has 152 valence electrons. The fraction of sp³-hybridized carbons (Fsp3) is 0.278. The van der Waals surface area contributed by atoms with Crippen LogP contribution in [0.4, 0.5) is 0 Å². The lowest BCUT2D eigenvalue weighted by Crippen LogP contribution is -2.62. The molecule has 0 spiro atoms. The summed E-state index contributed by atoms with van der Waals surface area (Å²) < 4.78 is 25.9. The number of piperidine rings is 1. The highest BCUT2D eigenvalue weighted by Gasteiger charge is 2.52. The number of carboxylic acid groups (broad SMARTS) is 1. The van der Waals surface area contributed by atoms with E-state index in [4.69, 9.17) is 16.8 Å². The number of nitrogens with two attached hydrogens (primary N) is 1. The van der Waals surface area contributed by atoms with E-state index in [1.807, 2.05) is 6.07 Å². The zero-order chi connectivity index (χ0) is 20.9. The number of nitrogens with one attached hydrogen (secondary N) is 1. The number of hydrogen-bond acceptors (Lipinski definition) is 7. The summed E-state index contributed by atoms with van der Waals surface area (Å²) in [6.45, 7) is 0.00686. The molecular formula is C18H21ClN2O6S. The molecule has 1 aliphatic heterocycles. The van der Waals surface area contributed by atoms with Crippen molar-refractivity contribution in [3.8, 4) is 11.1 Å². The van der Waals surface area contributed by atoms with Crippen LogP contribution in [0.15, 0.2) is 53.4 Å². The Balaban J connectivity index is 0.00000136. The lowest BCUT2D eigenvalue weighted by molar-refractivity contribution is -0.159. The van der Waals surface area contributed by atoms with Gasteiger partial charge in [-0.25, -0.2) is 19.1 Å². The second kappa shape index (κ2) is 8.99. The first kappa shape index (κ1) is 22.3. The van der Waals surface area contributed by atoms with Crippen LogP contribution >= 0.6 is 11.6 Å². The van der Waals surface area contributed by atoms with Crippen molar-refractivity contribution in [1.29, 1.82) is 0 Å². The minimum absolute atomic E-state index is 0.0151. The van der Waals surface area contributed by atoms with E-state index in [1.165, 1.54) is 12.1 Å². The summed E-state index contributed by atoms with van der Waals surface area (Å²) in [5.41, 5.74) is -0.737. The summed E-state index contributed by atoms with van der Waals surface area (Å²) in [4.78, 5) is 11.4. The Kier molecular flexibility index (Phi) is 7.16. The zero-order valence-electron chi connectivity index (χ0n) is 14.7. The number of rotatable bonds is 4. The number of aliphatic carboxylic acids is 1. The Morgan fingerprint density at radius 3 is 2.36 bits per heavy atom. The van der Waals surface area contributed by atoms with E-state index in [0.29, 0.717) is 11.6 Å². The van der Waals surface area contributed by atoms with E-state index in [-0.39, 0.29) is 17.9 Å². The summed E-state index contributed by atoms with van der Waals surface area (Å²) in [5.74, 6) is 1.95. The number of β-amino-alcohol motifs (C(OH)–C–C–N with tert-alkyl or cyclic N) is 1. The number of carboxylic acids is 1. The standard InChI is InChI=1S/C18H18ClNO5S.H3NO/c19-14-3-1-2-13(10-14)12-4-6-15(7-5-12)26(24,25)16-8-9-20-11-18(16,23)17(21)22;1-2/h1-7,10,16,20,23H,8-9,11H2,(H,21,22);2H,1H2. The van der Waals surface area contributed by atoms with Crippen LogP contribution < -0.4 is 11.2 Å². The molecule has 0 aromatic heterocycles. The van der Waals surface area contributed by atoms with Gasteiger partial charge >= 0.3 is 5.97 Å². The second-order valence-corrected chi connectivity index (χ2v) is 8.83. The maximum atomic E-state index is 12.9. The zero-order valence-corrected chi connectivity index (χ0v) is 16.3. The topological polar surface area (TPSA) is 150 Å². The summed E-state index contributed by atoms with van der Waals surface area (Å²) in [6, 6.07) is 13.3. The maximum absolute atomic E-state index is 12.9. The van der Waals surface area contributed by atoms with E-state index in [2.05, 4.69) is 11.2 Å². The van der Waals surface area contributed by atoms with Gasteiger partial charge in [0.15, 0.2) is 15.4 Å². The lowest BCUT2D eigenvalue weighted by Gasteiger charge is -2.36. The predicted molar refractivity (Wildman–Crippen MR) is 104 cm³/mol. The van der Waals surface area contributed by atoms with Gasteiger partial charge in [0.2, 0.25) is 0 Å². The summed E-state index contributed by atoms with van der Waals surface area (Å²) in [5, 5.41) is 28.1. The van der Waals surface area contributed by atoms with Crippen molar-refractivity contribution < 1.29 is 28.6 Å². The van der Waals surface area contributed by atoms with Crippen LogP contribution in [0.1, 0.15) is 6.42 Å². The summed E-state index contributed by atoms with van der Waals surface area (Å²) >= 11 is 5.98. The highest BCUT2D eigenvalue weighted by molar-refractivity contribution is 7.92. The average molecular weight is 429 g/mol. The Morgan fingerprint density at radius 2 is 1.79 bits per heavy atom. The molecule has 10 heteroatoms. The van der Waals surface area contributed by atoms with Gasteiger partial charge in [-0.05, 0) is 48.4 Å². The third kappa shape index (κ3) is 4.35. The van der Waals surface area contributed by atoms with Crippen LogP contribution in [0.5, 0.6) is 0 Å². The summed E-state index contributed by atoms with van der Waals surface area (Å²) in [7, 11) is -4.02. The molecule has 0 radical (unpaired) electrons. The Labute approximate surface area is 167 Å². The molecular weight excluding hydrogens is 408 g/mol. The van der Waals surface area contributed by atoms with Crippen LogP contribution in [-0.4, -0.2) is 53.7 Å². The first-order valence-electron chi connectivity index (χ1n) is 8.27. The molecule has 0 aliphatic carbocycles. The monoisotopic (exact) mass is 428 g/mol. The van der Waals surface area contributed by atoms with E-state index in [1.54, 1.807) is 30.3 Å². The Hall–Kier alpha value is -2.01. The van der Waals surface area contributed by atoms with Crippen molar-refractivity contribution in [3.05, 3.63) is 53.6 Å². The molecule has 2 aromatic rings. The third-order valence-corrected chi connectivity index (χ3v) is 7.14. The van der Waals surface area contributed by atoms with Crippen molar-refractivity contribution >= 4 is 27.4 Å². The minimum Gasteiger partial charge on any atom is -0.479 e. The molecule has 2 unspecified atom stereocenters. The number of sulfone groups is 1. The molecule has 1 heterocycles. The Bertz CT molecular complexity index is 935. The molecule has 2 aromatic carbocycles. The van der Waals surface area contributed by atoms with Crippen molar-refractivity contribution in [2.75, 3.05) is 13.1 Å². The largest absolute Gasteiger partial charge is 0.479 e. The van der Waals surface area contributed by atoms with Crippen LogP contribution in [-0.2, 0) is 14.6 Å². The van der Waals surface area contributed by atoms with Crippen LogP contribution in [0.2, 0.25) is 5.02 Å². The van der Waals surface area contributed by atoms with E-state index in [9.17, 15) is 23.4 Å². The van der Waals surface area contributed by atoms with E-state index < -0.39 is 26.7 Å². The molecule has 3 rings (SSSR count). The quantitative estimate of drug-likeness (QED) is 0.457. The maximum Gasteiger partial charge on any atom is 0.338 e. The molecule has 0 saturated carbocycles. The van der Waals surface area contributed by atoms with E-state index >= 15 is 0 Å². The van der Waals surface area contributed by atoms with E-state index in [0.717, 1.165) is 11.1 Å². The van der Waals surface area contributed by atoms with Gasteiger partial charge in [-0.3, -0.25) is 0 Å². The molecule has 1 fully saturated rings. The number of carbonyl (C=O) groups is 1. The lowest BCUT2D eigenvalue weighted by atomic mass is 9.94. The van der Waals surface area contributed by atoms with Gasteiger partial charge in [-0.2, -0.15) is 0 Å². The highest BCUT2D eigenvalue weighted by atomic mass is 35.5. The van der Waals surface area contributed by atoms with Crippen molar-refractivity contribution in [1.82, 2.24) is 5.32 Å². The van der Waals surface area contributed by atoms with Gasteiger partial charge in [-0.15, -0.1) is 0 Å². The van der Waals surface area contributed by atoms with Gasteiger partial charge in [0.1, 0.15) is 5.25 Å². The van der Waals surface area contributed by atoms with Gasteiger partial charge in [0.25, 0.3) is 0 Å². The number of aliphatic hydroxyl groups is 1. The number of benzene rings is 2. The molecule has 2 atom stereocenters. The molecule has 28 heavy (non-hydrogen) atoms. The average Bonchev–Trinajstić information content (AvgIpc) is 2.70.